The third-order valence-corrected chi connectivity index (χ3v) is 5.40. The summed E-state index contributed by atoms with van der Waals surface area (Å²) in [5.74, 6) is 0.512. The first kappa shape index (κ1) is 17.2. The summed E-state index contributed by atoms with van der Waals surface area (Å²) in [7, 11) is 0. The van der Waals surface area contributed by atoms with Gasteiger partial charge >= 0.3 is 0 Å². The number of hydrogen-bond donors (Lipinski definition) is 0. The molecule has 0 bridgehead atoms. The normalized spacial score (nSPS) is 16.3. The molecular formula is C21H24FN3O. The zero-order valence-electron chi connectivity index (χ0n) is 14.9. The number of hydrogen-bond acceptors (Lipinski definition) is 4. The Bertz CT molecular complexity index is 841. The van der Waals surface area contributed by atoms with E-state index in [0.717, 1.165) is 36.4 Å². The number of piperidine rings is 1. The van der Waals surface area contributed by atoms with Crippen LogP contribution < -0.4 is 0 Å². The van der Waals surface area contributed by atoms with Crippen LogP contribution in [-0.4, -0.2) is 28.1 Å². The molecule has 136 valence electrons. The van der Waals surface area contributed by atoms with E-state index in [9.17, 15) is 4.39 Å². The number of halogens is 1. The average molecular weight is 353 g/mol. The van der Waals surface area contributed by atoms with E-state index >= 15 is 0 Å². The summed E-state index contributed by atoms with van der Waals surface area (Å²) in [6.45, 7) is 3.36. The lowest BCUT2D eigenvalue weighted by molar-refractivity contribution is 0.171. The molecule has 26 heavy (non-hydrogen) atoms. The molecular weight excluding hydrogens is 329 g/mol. The monoisotopic (exact) mass is 353 g/mol. The Morgan fingerprint density at radius 2 is 1.92 bits per heavy atom. The van der Waals surface area contributed by atoms with Crippen molar-refractivity contribution in [3.63, 3.8) is 0 Å². The van der Waals surface area contributed by atoms with Crippen molar-refractivity contribution in [2.24, 2.45) is 5.92 Å². The van der Waals surface area contributed by atoms with Crippen molar-refractivity contribution < 1.29 is 8.91 Å². The van der Waals surface area contributed by atoms with Gasteiger partial charge in [0.15, 0.2) is 5.58 Å². The van der Waals surface area contributed by atoms with Crippen LogP contribution >= 0.6 is 0 Å². The maximum absolute atomic E-state index is 13.2. The van der Waals surface area contributed by atoms with E-state index in [2.05, 4.69) is 27.2 Å². The van der Waals surface area contributed by atoms with Gasteiger partial charge < -0.3 is 4.52 Å². The first-order valence-electron chi connectivity index (χ1n) is 9.43. The second kappa shape index (κ2) is 7.96. The van der Waals surface area contributed by atoms with Gasteiger partial charge in [-0.1, -0.05) is 5.16 Å². The molecule has 1 aromatic carbocycles. The van der Waals surface area contributed by atoms with E-state index in [1.807, 2.05) is 12.4 Å². The molecule has 1 aliphatic rings. The lowest BCUT2D eigenvalue weighted by Crippen LogP contribution is -2.33. The van der Waals surface area contributed by atoms with Gasteiger partial charge in [-0.15, -0.1) is 0 Å². The van der Waals surface area contributed by atoms with Crippen molar-refractivity contribution in [2.45, 2.75) is 38.6 Å². The molecule has 1 aliphatic heterocycles. The molecule has 1 saturated heterocycles. The summed E-state index contributed by atoms with van der Waals surface area (Å²) in [5, 5.41) is 5.07. The molecule has 0 atom stereocenters. The molecule has 0 amide bonds. The molecule has 0 aliphatic carbocycles. The van der Waals surface area contributed by atoms with Crippen molar-refractivity contribution in [3.05, 3.63) is 59.8 Å². The maximum atomic E-state index is 13.2. The average Bonchev–Trinajstić information content (AvgIpc) is 3.06. The number of aryl methyl sites for hydroxylation is 1. The minimum Gasteiger partial charge on any atom is -0.356 e. The SMILES string of the molecule is Fc1ccc2c(CCCC3CCN(Cc4ccncc4)CC3)noc2c1. The van der Waals surface area contributed by atoms with Gasteiger partial charge in [-0.2, -0.15) is 0 Å². The number of likely N-dealkylation sites (tertiary alicyclic amines) is 1. The fourth-order valence-corrected chi connectivity index (χ4v) is 3.88. The Morgan fingerprint density at radius 3 is 2.73 bits per heavy atom. The fourth-order valence-electron chi connectivity index (χ4n) is 3.88. The van der Waals surface area contributed by atoms with E-state index in [4.69, 9.17) is 4.52 Å². The van der Waals surface area contributed by atoms with E-state index in [1.165, 1.54) is 50.0 Å². The van der Waals surface area contributed by atoms with Crippen LogP contribution in [0, 0.1) is 11.7 Å². The van der Waals surface area contributed by atoms with Crippen molar-refractivity contribution >= 4 is 11.0 Å². The molecule has 0 radical (unpaired) electrons. The summed E-state index contributed by atoms with van der Waals surface area (Å²) in [5.41, 5.74) is 2.84. The summed E-state index contributed by atoms with van der Waals surface area (Å²) >= 11 is 0. The van der Waals surface area contributed by atoms with Crippen LogP contribution in [0.1, 0.15) is 36.9 Å². The first-order chi connectivity index (χ1) is 12.8. The molecule has 3 heterocycles. The van der Waals surface area contributed by atoms with Gasteiger partial charge in [-0.3, -0.25) is 9.88 Å². The van der Waals surface area contributed by atoms with Crippen molar-refractivity contribution in [1.82, 2.24) is 15.0 Å². The quantitative estimate of drug-likeness (QED) is 0.650. The lowest BCUT2D eigenvalue weighted by Gasteiger charge is -2.32. The number of fused-ring (bicyclic) bond motifs is 1. The van der Waals surface area contributed by atoms with Crippen LogP contribution in [0.25, 0.3) is 11.0 Å². The maximum Gasteiger partial charge on any atom is 0.170 e. The molecule has 5 heteroatoms. The molecule has 0 saturated carbocycles. The highest BCUT2D eigenvalue weighted by Crippen LogP contribution is 2.25. The van der Waals surface area contributed by atoms with Crippen LogP contribution in [0.4, 0.5) is 4.39 Å². The molecule has 4 nitrogen and oxygen atoms in total. The zero-order chi connectivity index (χ0) is 17.8. The predicted octanol–water partition coefficient (Wildman–Crippen LogP) is 4.60. The number of nitrogens with zero attached hydrogens (tertiary/aromatic N) is 3. The Hall–Kier alpha value is -2.27. The fraction of sp³-hybridized carbons (Fsp3) is 0.429. The van der Waals surface area contributed by atoms with Gasteiger partial charge in [0.05, 0.1) is 5.69 Å². The van der Waals surface area contributed by atoms with Crippen LogP contribution in [0.3, 0.4) is 0 Å². The van der Waals surface area contributed by atoms with Crippen LogP contribution in [0.2, 0.25) is 0 Å². The van der Waals surface area contributed by atoms with Gasteiger partial charge in [0.2, 0.25) is 0 Å². The zero-order valence-corrected chi connectivity index (χ0v) is 14.9. The molecule has 4 rings (SSSR count). The van der Waals surface area contributed by atoms with Crippen LogP contribution in [-0.2, 0) is 13.0 Å². The highest BCUT2D eigenvalue weighted by molar-refractivity contribution is 5.79. The minimum atomic E-state index is -0.279. The Labute approximate surface area is 153 Å². The molecule has 0 unspecified atom stereocenters. The molecule has 1 fully saturated rings. The standard InChI is InChI=1S/C21H24FN3O/c22-18-4-5-19-20(24-26-21(19)14-18)3-1-2-16-8-12-25(13-9-16)15-17-6-10-23-11-7-17/h4-7,10-11,14,16H,1-3,8-9,12-13,15H2. The van der Waals surface area contributed by atoms with Gasteiger partial charge in [-0.25, -0.2) is 4.39 Å². The predicted molar refractivity (Wildman–Crippen MR) is 99.1 cm³/mol. The van der Waals surface area contributed by atoms with Gasteiger partial charge in [0.25, 0.3) is 0 Å². The Morgan fingerprint density at radius 1 is 1.12 bits per heavy atom. The summed E-state index contributed by atoms with van der Waals surface area (Å²) in [6, 6.07) is 8.85. The lowest BCUT2D eigenvalue weighted by atomic mass is 9.91. The van der Waals surface area contributed by atoms with Crippen LogP contribution in [0.5, 0.6) is 0 Å². The number of pyridine rings is 1. The first-order valence-corrected chi connectivity index (χ1v) is 9.43. The summed E-state index contributed by atoms with van der Waals surface area (Å²) in [6.07, 6.45) is 9.47. The second-order valence-electron chi connectivity index (χ2n) is 7.24. The smallest absolute Gasteiger partial charge is 0.170 e. The number of rotatable bonds is 6. The molecule has 0 N–H and O–H groups in total. The highest BCUT2D eigenvalue weighted by atomic mass is 19.1. The van der Waals surface area contributed by atoms with Crippen molar-refractivity contribution in [1.29, 1.82) is 0 Å². The highest BCUT2D eigenvalue weighted by Gasteiger charge is 2.19. The van der Waals surface area contributed by atoms with E-state index < -0.39 is 0 Å². The van der Waals surface area contributed by atoms with E-state index in [-0.39, 0.29) is 5.82 Å². The Balaban J connectivity index is 1.22. The van der Waals surface area contributed by atoms with E-state index in [1.54, 1.807) is 6.07 Å². The van der Waals surface area contributed by atoms with E-state index in [0.29, 0.717) is 5.58 Å². The van der Waals surface area contributed by atoms with Gasteiger partial charge in [0, 0.05) is 30.4 Å². The van der Waals surface area contributed by atoms with Gasteiger partial charge in [-0.05, 0) is 80.9 Å². The number of benzene rings is 1. The van der Waals surface area contributed by atoms with Crippen LogP contribution in [0.15, 0.2) is 47.2 Å². The van der Waals surface area contributed by atoms with Crippen molar-refractivity contribution in [2.75, 3.05) is 13.1 Å². The third kappa shape index (κ3) is 4.10. The van der Waals surface area contributed by atoms with Gasteiger partial charge in [0.1, 0.15) is 5.82 Å². The summed E-state index contributed by atoms with van der Waals surface area (Å²) < 4.78 is 18.5. The Kier molecular flexibility index (Phi) is 5.25. The van der Waals surface area contributed by atoms with Crippen molar-refractivity contribution in [3.8, 4) is 0 Å². The molecule has 2 aromatic heterocycles. The summed E-state index contributed by atoms with van der Waals surface area (Å²) in [4.78, 5) is 6.61. The molecule has 3 aromatic rings. The second-order valence-corrected chi connectivity index (χ2v) is 7.24. The molecule has 0 spiro atoms. The number of aromatic nitrogens is 2. The largest absolute Gasteiger partial charge is 0.356 e. The third-order valence-electron chi connectivity index (χ3n) is 5.40. The minimum absolute atomic E-state index is 0.279. The topological polar surface area (TPSA) is 42.2 Å².